The Balaban J connectivity index is 3.08. The second kappa shape index (κ2) is 3.86. The molecule has 0 bridgehead atoms. The van der Waals surface area contributed by atoms with E-state index in [-0.39, 0.29) is 0 Å². The number of rotatable bonds is 1. The quantitative estimate of drug-likeness (QED) is 0.779. The molecule has 14 heavy (non-hydrogen) atoms. The summed E-state index contributed by atoms with van der Waals surface area (Å²) in [6.45, 7) is 0. The third-order valence-corrected chi connectivity index (χ3v) is 2.06. The van der Waals surface area contributed by atoms with Crippen LogP contribution < -0.4 is 0 Å². The second-order valence-corrected chi connectivity index (χ2v) is 3.53. The van der Waals surface area contributed by atoms with Gasteiger partial charge in [-0.3, -0.25) is 0 Å². The summed E-state index contributed by atoms with van der Waals surface area (Å²) in [5.41, 5.74) is -0.777. The maximum atomic E-state index is 12.9. The van der Waals surface area contributed by atoms with Crippen LogP contribution in [0.5, 0.6) is 0 Å². The number of halogens is 5. The van der Waals surface area contributed by atoms with Gasteiger partial charge in [-0.05, 0) is 12.1 Å². The third kappa shape index (κ3) is 2.45. The van der Waals surface area contributed by atoms with Crippen LogP contribution in [0.2, 0.25) is 0 Å². The summed E-state index contributed by atoms with van der Waals surface area (Å²) >= 11 is 2.89. The largest absolute Gasteiger partial charge is 0.418 e. The molecule has 0 unspecified atom stereocenters. The van der Waals surface area contributed by atoms with E-state index >= 15 is 0 Å². The van der Waals surface area contributed by atoms with Crippen LogP contribution in [0.4, 0.5) is 17.6 Å². The van der Waals surface area contributed by atoms with Crippen molar-refractivity contribution in [3.8, 4) is 0 Å². The van der Waals surface area contributed by atoms with Gasteiger partial charge in [-0.15, -0.1) is 0 Å². The number of aliphatic hydroxyl groups excluding tert-OH is 1. The van der Waals surface area contributed by atoms with Gasteiger partial charge in [0.25, 0.3) is 0 Å². The number of benzene rings is 1. The Bertz CT molecular complexity index is 337. The average Bonchev–Trinajstić information content (AvgIpc) is 2.01. The molecule has 0 amide bonds. The molecule has 1 rings (SSSR count). The first-order valence-electron chi connectivity index (χ1n) is 3.52. The number of hydrogen-bond donors (Lipinski definition) is 1. The van der Waals surface area contributed by atoms with Crippen LogP contribution in [-0.4, -0.2) is 11.3 Å². The Hall–Kier alpha value is -0.620. The van der Waals surface area contributed by atoms with Gasteiger partial charge in [-0.2, -0.15) is 13.2 Å². The standard InChI is InChI=1S/C8H5BrF4O/c9-4-1-2-5(6(10)3-4)7(14)8(11,12)13/h1-3,7,14H/t7-/m1/s1. The van der Waals surface area contributed by atoms with E-state index in [2.05, 4.69) is 15.9 Å². The van der Waals surface area contributed by atoms with Gasteiger partial charge in [-0.1, -0.05) is 22.0 Å². The van der Waals surface area contributed by atoms with E-state index in [9.17, 15) is 17.6 Å². The Morgan fingerprint density at radius 1 is 1.29 bits per heavy atom. The van der Waals surface area contributed by atoms with Crippen molar-refractivity contribution in [2.75, 3.05) is 0 Å². The summed E-state index contributed by atoms with van der Waals surface area (Å²) < 4.78 is 49.2. The monoisotopic (exact) mass is 272 g/mol. The molecule has 0 saturated carbocycles. The number of hydrogen-bond acceptors (Lipinski definition) is 1. The highest BCUT2D eigenvalue weighted by Gasteiger charge is 2.40. The second-order valence-electron chi connectivity index (χ2n) is 2.61. The first-order valence-corrected chi connectivity index (χ1v) is 4.31. The van der Waals surface area contributed by atoms with Crippen molar-refractivity contribution >= 4 is 15.9 Å². The molecule has 0 radical (unpaired) electrons. The minimum atomic E-state index is -4.85. The van der Waals surface area contributed by atoms with Gasteiger partial charge in [-0.25, -0.2) is 4.39 Å². The molecule has 0 aromatic heterocycles. The first-order chi connectivity index (χ1) is 6.32. The summed E-state index contributed by atoms with van der Waals surface area (Å²) in [4.78, 5) is 0. The molecule has 6 heteroatoms. The highest BCUT2D eigenvalue weighted by molar-refractivity contribution is 9.10. The van der Waals surface area contributed by atoms with Gasteiger partial charge in [0.05, 0.1) is 0 Å². The van der Waals surface area contributed by atoms with Crippen molar-refractivity contribution in [2.45, 2.75) is 12.3 Å². The van der Waals surface area contributed by atoms with E-state index in [0.29, 0.717) is 4.47 Å². The average molecular weight is 273 g/mol. The van der Waals surface area contributed by atoms with Crippen molar-refractivity contribution in [3.63, 3.8) is 0 Å². The third-order valence-electron chi connectivity index (χ3n) is 1.57. The summed E-state index contributed by atoms with van der Waals surface area (Å²) in [7, 11) is 0. The van der Waals surface area contributed by atoms with E-state index in [4.69, 9.17) is 5.11 Å². The fourth-order valence-electron chi connectivity index (χ4n) is 0.900. The molecule has 1 nitrogen and oxygen atoms in total. The van der Waals surface area contributed by atoms with Gasteiger partial charge in [0.1, 0.15) is 5.82 Å². The van der Waals surface area contributed by atoms with Crippen LogP contribution in [0.25, 0.3) is 0 Å². The van der Waals surface area contributed by atoms with E-state index in [1.54, 1.807) is 0 Å². The topological polar surface area (TPSA) is 20.2 Å². The highest BCUT2D eigenvalue weighted by atomic mass is 79.9. The fraction of sp³-hybridized carbons (Fsp3) is 0.250. The molecular formula is C8H5BrF4O. The van der Waals surface area contributed by atoms with Crippen LogP contribution in [0, 0.1) is 5.82 Å². The molecule has 0 aliphatic rings. The molecule has 78 valence electrons. The summed E-state index contributed by atoms with van der Waals surface area (Å²) in [6, 6.07) is 2.98. The molecule has 1 aromatic carbocycles. The molecular weight excluding hydrogens is 268 g/mol. The van der Waals surface area contributed by atoms with Gasteiger partial charge >= 0.3 is 6.18 Å². The van der Waals surface area contributed by atoms with Crippen LogP contribution in [0.3, 0.4) is 0 Å². The number of aliphatic hydroxyl groups is 1. The maximum absolute atomic E-state index is 12.9. The predicted octanol–water partition coefficient (Wildman–Crippen LogP) is 3.18. The molecule has 0 saturated heterocycles. The van der Waals surface area contributed by atoms with Crippen LogP contribution in [0.1, 0.15) is 11.7 Å². The van der Waals surface area contributed by atoms with Crippen LogP contribution in [0.15, 0.2) is 22.7 Å². The molecule has 0 fully saturated rings. The summed E-state index contributed by atoms with van der Waals surface area (Å²) in [6.07, 6.45) is -7.63. The lowest BCUT2D eigenvalue weighted by atomic mass is 10.1. The fourth-order valence-corrected chi connectivity index (χ4v) is 1.23. The summed E-state index contributed by atoms with van der Waals surface area (Å²) in [5, 5.41) is 8.75. The van der Waals surface area contributed by atoms with Crippen molar-refractivity contribution < 1.29 is 22.7 Å². The van der Waals surface area contributed by atoms with Gasteiger partial charge in [0.15, 0.2) is 6.10 Å². The molecule has 0 aliphatic carbocycles. The molecule has 0 spiro atoms. The Morgan fingerprint density at radius 3 is 2.29 bits per heavy atom. The SMILES string of the molecule is O[C@H](c1ccc(Br)cc1F)C(F)(F)F. The molecule has 1 N–H and O–H groups in total. The minimum Gasteiger partial charge on any atom is -0.379 e. The number of alkyl halides is 3. The zero-order valence-electron chi connectivity index (χ0n) is 6.65. The van der Waals surface area contributed by atoms with Gasteiger partial charge in [0.2, 0.25) is 0 Å². The molecule has 0 aliphatic heterocycles. The first kappa shape index (κ1) is 11.5. The molecule has 0 heterocycles. The van der Waals surface area contributed by atoms with E-state index in [1.807, 2.05) is 0 Å². The highest BCUT2D eigenvalue weighted by Crippen LogP contribution is 2.34. The zero-order valence-corrected chi connectivity index (χ0v) is 8.23. The Morgan fingerprint density at radius 2 is 1.86 bits per heavy atom. The predicted molar refractivity (Wildman–Crippen MR) is 45.1 cm³/mol. The lowest BCUT2D eigenvalue weighted by Gasteiger charge is -2.15. The lowest BCUT2D eigenvalue weighted by Crippen LogP contribution is -2.21. The Labute approximate surface area is 85.5 Å². The maximum Gasteiger partial charge on any atom is 0.418 e. The van der Waals surface area contributed by atoms with Gasteiger partial charge < -0.3 is 5.11 Å². The van der Waals surface area contributed by atoms with Crippen molar-refractivity contribution in [1.29, 1.82) is 0 Å². The normalized spacial score (nSPS) is 14.1. The van der Waals surface area contributed by atoms with E-state index in [1.165, 1.54) is 6.07 Å². The van der Waals surface area contributed by atoms with E-state index < -0.39 is 23.7 Å². The van der Waals surface area contributed by atoms with Crippen LogP contribution in [-0.2, 0) is 0 Å². The van der Waals surface area contributed by atoms with Crippen molar-refractivity contribution in [3.05, 3.63) is 34.1 Å². The summed E-state index contributed by atoms with van der Waals surface area (Å²) in [5.74, 6) is -1.09. The smallest absolute Gasteiger partial charge is 0.379 e. The van der Waals surface area contributed by atoms with Crippen LogP contribution >= 0.6 is 15.9 Å². The lowest BCUT2D eigenvalue weighted by molar-refractivity contribution is -0.207. The van der Waals surface area contributed by atoms with E-state index in [0.717, 1.165) is 12.1 Å². The minimum absolute atomic E-state index is 0.313. The van der Waals surface area contributed by atoms with Gasteiger partial charge in [0, 0.05) is 10.0 Å². The zero-order chi connectivity index (χ0) is 10.9. The van der Waals surface area contributed by atoms with Crippen molar-refractivity contribution in [1.82, 2.24) is 0 Å². The molecule has 1 atom stereocenters. The molecule has 1 aromatic rings. The van der Waals surface area contributed by atoms with Crippen molar-refractivity contribution in [2.24, 2.45) is 0 Å². The Kier molecular flexibility index (Phi) is 3.16.